The average molecular weight is 471 g/mol. The molecule has 0 aliphatic carbocycles. The second-order valence-corrected chi connectivity index (χ2v) is 10.8. The number of carbonyl (C=O) groups excluding carboxylic acids is 1. The first-order valence-electron chi connectivity index (χ1n) is 11.1. The van der Waals surface area contributed by atoms with E-state index in [2.05, 4.69) is 22.3 Å². The van der Waals surface area contributed by atoms with Crippen molar-refractivity contribution in [2.75, 3.05) is 29.1 Å². The number of aryl methyl sites for hydroxylation is 3. The van der Waals surface area contributed by atoms with E-state index < -0.39 is 0 Å². The SMILES string of the molecule is Cc1cc(N2CCCC2)ccc1NC(=O)CSc1nc2sc(C)c(C)c2c(=O)n1C(C)C. The molecular formula is C24H30N4O2S2. The van der Waals surface area contributed by atoms with Crippen LogP contribution in [-0.2, 0) is 4.79 Å². The molecule has 1 saturated heterocycles. The fraction of sp³-hybridized carbons (Fsp3) is 0.458. The van der Waals surface area contributed by atoms with Crippen molar-refractivity contribution in [2.24, 2.45) is 0 Å². The molecule has 6 nitrogen and oxygen atoms in total. The number of hydrogen-bond acceptors (Lipinski definition) is 6. The molecule has 0 atom stereocenters. The number of amides is 1. The van der Waals surface area contributed by atoms with E-state index in [4.69, 9.17) is 4.98 Å². The number of rotatable bonds is 6. The second kappa shape index (κ2) is 9.27. The third kappa shape index (κ3) is 4.43. The van der Waals surface area contributed by atoms with Crippen LogP contribution in [0.4, 0.5) is 11.4 Å². The van der Waals surface area contributed by atoms with Crippen LogP contribution in [0.1, 0.15) is 48.7 Å². The van der Waals surface area contributed by atoms with E-state index in [1.165, 1.54) is 41.6 Å². The first-order valence-corrected chi connectivity index (χ1v) is 12.9. The van der Waals surface area contributed by atoms with Crippen molar-refractivity contribution in [3.63, 3.8) is 0 Å². The minimum atomic E-state index is -0.102. The molecular weight excluding hydrogens is 440 g/mol. The summed E-state index contributed by atoms with van der Waals surface area (Å²) in [5, 5.41) is 4.31. The lowest BCUT2D eigenvalue weighted by Crippen LogP contribution is -2.25. The van der Waals surface area contributed by atoms with Crippen LogP contribution in [-0.4, -0.2) is 34.3 Å². The zero-order chi connectivity index (χ0) is 23.0. The largest absolute Gasteiger partial charge is 0.372 e. The monoisotopic (exact) mass is 470 g/mol. The van der Waals surface area contributed by atoms with Gasteiger partial charge in [-0.3, -0.25) is 14.2 Å². The van der Waals surface area contributed by atoms with E-state index >= 15 is 0 Å². The molecule has 0 radical (unpaired) electrons. The lowest BCUT2D eigenvalue weighted by atomic mass is 10.1. The smallest absolute Gasteiger partial charge is 0.263 e. The first-order chi connectivity index (χ1) is 15.3. The molecule has 32 heavy (non-hydrogen) atoms. The van der Waals surface area contributed by atoms with Crippen LogP contribution in [0.3, 0.4) is 0 Å². The van der Waals surface area contributed by atoms with Gasteiger partial charge in [-0.15, -0.1) is 11.3 Å². The fourth-order valence-corrected chi connectivity index (χ4v) is 6.12. The van der Waals surface area contributed by atoms with Crippen LogP contribution in [0, 0.1) is 20.8 Å². The molecule has 4 rings (SSSR count). The lowest BCUT2D eigenvalue weighted by molar-refractivity contribution is -0.113. The van der Waals surface area contributed by atoms with Crippen molar-refractivity contribution >= 4 is 50.6 Å². The van der Waals surface area contributed by atoms with Gasteiger partial charge >= 0.3 is 0 Å². The van der Waals surface area contributed by atoms with E-state index in [-0.39, 0.29) is 23.3 Å². The van der Waals surface area contributed by atoms with Crippen LogP contribution in [0.15, 0.2) is 28.2 Å². The highest BCUT2D eigenvalue weighted by Crippen LogP contribution is 2.30. The summed E-state index contributed by atoms with van der Waals surface area (Å²) >= 11 is 2.85. The maximum absolute atomic E-state index is 13.2. The number of thioether (sulfide) groups is 1. The molecule has 3 aromatic rings. The summed E-state index contributed by atoms with van der Waals surface area (Å²) in [7, 11) is 0. The van der Waals surface area contributed by atoms with Crippen molar-refractivity contribution in [3.8, 4) is 0 Å². The average Bonchev–Trinajstić information content (AvgIpc) is 3.36. The van der Waals surface area contributed by atoms with E-state index in [1.54, 1.807) is 4.57 Å². The van der Waals surface area contributed by atoms with Gasteiger partial charge in [0.05, 0.1) is 11.1 Å². The fourth-order valence-electron chi connectivity index (χ4n) is 4.12. The van der Waals surface area contributed by atoms with Crippen LogP contribution in [0.2, 0.25) is 0 Å². The molecule has 1 N–H and O–H groups in total. The van der Waals surface area contributed by atoms with Gasteiger partial charge in [-0.05, 0) is 76.8 Å². The van der Waals surface area contributed by atoms with Gasteiger partial charge in [-0.1, -0.05) is 11.8 Å². The van der Waals surface area contributed by atoms with E-state index in [1.807, 2.05) is 40.7 Å². The van der Waals surface area contributed by atoms with Gasteiger partial charge in [0.25, 0.3) is 5.56 Å². The number of benzene rings is 1. The van der Waals surface area contributed by atoms with Crippen LogP contribution < -0.4 is 15.8 Å². The Hall–Kier alpha value is -2.32. The van der Waals surface area contributed by atoms with Crippen molar-refractivity contribution in [3.05, 3.63) is 44.6 Å². The van der Waals surface area contributed by atoms with Gasteiger partial charge in [0.1, 0.15) is 4.83 Å². The molecule has 1 aromatic carbocycles. The highest BCUT2D eigenvalue weighted by Gasteiger charge is 2.19. The number of carbonyl (C=O) groups is 1. The quantitative estimate of drug-likeness (QED) is 0.391. The molecule has 0 saturated carbocycles. The molecule has 1 amide bonds. The summed E-state index contributed by atoms with van der Waals surface area (Å²) in [6, 6.07) is 6.16. The summed E-state index contributed by atoms with van der Waals surface area (Å²) < 4.78 is 1.70. The highest BCUT2D eigenvalue weighted by molar-refractivity contribution is 7.99. The number of anilines is 2. The zero-order valence-electron chi connectivity index (χ0n) is 19.3. The molecule has 3 heterocycles. The predicted octanol–water partition coefficient (Wildman–Crippen LogP) is 5.30. The van der Waals surface area contributed by atoms with Crippen LogP contribution >= 0.6 is 23.1 Å². The number of aromatic nitrogens is 2. The number of nitrogens with zero attached hydrogens (tertiary/aromatic N) is 3. The third-order valence-corrected chi connectivity index (χ3v) is 8.06. The Morgan fingerprint density at radius 2 is 1.94 bits per heavy atom. The maximum Gasteiger partial charge on any atom is 0.263 e. The molecule has 0 bridgehead atoms. The van der Waals surface area contributed by atoms with Crippen LogP contribution in [0.5, 0.6) is 0 Å². The van der Waals surface area contributed by atoms with Crippen molar-refractivity contribution in [2.45, 2.75) is 58.7 Å². The van der Waals surface area contributed by atoms with E-state index in [9.17, 15) is 9.59 Å². The summed E-state index contributed by atoms with van der Waals surface area (Å²) in [5.41, 5.74) is 4.07. The number of hydrogen-bond donors (Lipinski definition) is 1. The number of thiophene rings is 1. The zero-order valence-corrected chi connectivity index (χ0v) is 21.0. The van der Waals surface area contributed by atoms with Gasteiger partial charge in [-0.25, -0.2) is 4.98 Å². The highest BCUT2D eigenvalue weighted by atomic mass is 32.2. The first kappa shape index (κ1) is 22.9. The summed E-state index contributed by atoms with van der Waals surface area (Å²) in [4.78, 5) is 34.9. The molecule has 1 aliphatic rings. The van der Waals surface area contributed by atoms with Crippen LogP contribution in [0.25, 0.3) is 10.2 Å². The number of nitrogens with one attached hydrogen (secondary N) is 1. The Labute approximate surface area is 197 Å². The third-order valence-electron chi connectivity index (χ3n) is 6.01. The molecule has 8 heteroatoms. The van der Waals surface area contributed by atoms with E-state index in [0.29, 0.717) is 10.5 Å². The number of fused-ring (bicyclic) bond motifs is 1. The summed E-state index contributed by atoms with van der Waals surface area (Å²) in [6.45, 7) is 12.1. The van der Waals surface area contributed by atoms with E-state index in [0.717, 1.165) is 39.6 Å². The Kier molecular flexibility index (Phi) is 6.62. The topological polar surface area (TPSA) is 67.2 Å². The Balaban J connectivity index is 1.50. The van der Waals surface area contributed by atoms with Crippen molar-refractivity contribution in [1.29, 1.82) is 0 Å². The Morgan fingerprint density at radius 3 is 2.59 bits per heavy atom. The molecule has 1 fully saturated rings. The van der Waals surface area contributed by atoms with Gasteiger partial charge in [0, 0.05) is 35.4 Å². The summed E-state index contributed by atoms with van der Waals surface area (Å²) in [6.07, 6.45) is 2.47. The normalized spacial score (nSPS) is 14.0. The molecule has 2 aromatic heterocycles. The minimum Gasteiger partial charge on any atom is -0.372 e. The van der Waals surface area contributed by atoms with Crippen molar-refractivity contribution in [1.82, 2.24) is 9.55 Å². The van der Waals surface area contributed by atoms with Crippen molar-refractivity contribution < 1.29 is 4.79 Å². The minimum absolute atomic E-state index is 0.0249. The van der Waals surface area contributed by atoms with Gasteiger partial charge < -0.3 is 10.2 Å². The Morgan fingerprint density at radius 1 is 1.22 bits per heavy atom. The maximum atomic E-state index is 13.2. The standard InChI is InChI=1S/C24H30N4O2S2/c1-14(2)28-23(30)21-16(4)17(5)32-22(21)26-24(28)31-13-20(29)25-19-9-8-18(12-15(19)3)27-10-6-7-11-27/h8-9,12,14H,6-7,10-11,13H2,1-5H3,(H,25,29). The van der Waals surface area contributed by atoms with Gasteiger partial charge in [0.2, 0.25) is 5.91 Å². The lowest BCUT2D eigenvalue weighted by Gasteiger charge is -2.19. The molecule has 0 spiro atoms. The molecule has 0 unspecified atom stereocenters. The molecule has 1 aliphatic heterocycles. The molecule has 170 valence electrons. The second-order valence-electron chi connectivity index (χ2n) is 8.66. The van der Waals surface area contributed by atoms with Gasteiger partial charge in [0.15, 0.2) is 5.16 Å². The summed E-state index contributed by atoms with van der Waals surface area (Å²) in [5.74, 6) is 0.0941. The predicted molar refractivity (Wildman–Crippen MR) is 136 cm³/mol. The Bertz CT molecular complexity index is 1220. The van der Waals surface area contributed by atoms with Gasteiger partial charge in [-0.2, -0.15) is 0 Å².